The second kappa shape index (κ2) is 9.86. The highest BCUT2D eigenvalue weighted by atomic mass is 16.5. The van der Waals surface area contributed by atoms with Crippen LogP contribution in [-0.2, 0) is 9.59 Å². The van der Waals surface area contributed by atoms with Gasteiger partial charge in [-0.25, -0.2) is 0 Å². The van der Waals surface area contributed by atoms with Crippen LogP contribution in [0.4, 0.5) is 5.69 Å². The van der Waals surface area contributed by atoms with Crippen LogP contribution in [0.3, 0.4) is 0 Å². The molecule has 33 heavy (non-hydrogen) atoms. The molecule has 6 nitrogen and oxygen atoms in total. The number of carbonyl (C=O) groups is 2. The van der Waals surface area contributed by atoms with Crippen LogP contribution in [0.25, 0.3) is 0 Å². The Morgan fingerprint density at radius 1 is 0.909 bits per heavy atom. The monoisotopic (exact) mass is 449 g/mol. The molecule has 0 aromatic heterocycles. The first-order valence-corrected chi connectivity index (χ1v) is 11.9. The molecule has 4 rings (SSSR count). The average molecular weight is 450 g/mol. The predicted octanol–water partition coefficient (Wildman–Crippen LogP) is 3.55. The standard InChI is InChI=1S/C27H35N3O3/c1-19(2)26(31)30-17-23(21-9-11-22(33-4)12-10-21)24(18-30)27(32)29-15-13-28(14-16-29)25-8-6-5-7-20(25)3/h5-12,19,23-24H,13-18H2,1-4H3/t23-,24-/m1/s1. The second-order valence-corrected chi connectivity index (χ2v) is 9.48. The maximum atomic E-state index is 13.7. The highest BCUT2D eigenvalue weighted by Crippen LogP contribution is 2.36. The summed E-state index contributed by atoms with van der Waals surface area (Å²) in [4.78, 5) is 32.7. The van der Waals surface area contributed by atoms with Gasteiger partial charge in [-0.2, -0.15) is 0 Å². The first kappa shape index (κ1) is 23.1. The summed E-state index contributed by atoms with van der Waals surface area (Å²) in [6, 6.07) is 16.3. The van der Waals surface area contributed by atoms with E-state index in [2.05, 4.69) is 36.1 Å². The van der Waals surface area contributed by atoms with Crippen molar-refractivity contribution in [3.8, 4) is 5.75 Å². The number of anilines is 1. The Morgan fingerprint density at radius 3 is 2.18 bits per heavy atom. The summed E-state index contributed by atoms with van der Waals surface area (Å²) in [5.41, 5.74) is 3.59. The Morgan fingerprint density at radius 2 is 1.58 bits per heavy atom. The van der Waals surface area contributed by atoms with Crippen molar-refractivity contribution >= 4 is 17.5 Å². The molecule has 2 saturated heterocycles. The van der Waals surface area contributed by atoms with Gasteiger partial charge in [0.05, 0.1) is 13.0 Å². The smallest absolute Gasteiger partial charge is 0.228 e. The molecule has 2 aromatic carbocycles. The Bertz CT molecular complexity index is 980. The molecule has 0 saturated carbocycles. The SMILES string of the molecule is COc1ccc([C@H]2CN(C(=O)C(C)C)C[C@H]2C(=O)N2CCN(c3ccccc3C)CC2)cc1. The van der Waals surface area contributed by atoms with E-state index < -0.39 is 0 Å². The van der Waals surface area contributed by atoms with Gasteiger partial charge in [0.15, 0.2) is 0 Å². The fourth-order valence-corrected chi connectivity index (χ4v) is 5.11. The van der Waals surface area contributed by atoms with Gasteiger partial charge in [0.25, 0.3) is 0 Å². The van der Waals surface area contributed by atoms with Crippen LogP contribution in [0.5, 0.6) is 5.75 Å². The third-order valence-corrected chi connectivity index (χ3v) is 7.03. The molecule has 6 heteroatoms. The third-order valence-electron chi connectivity index (χ3n) is 7.03. The highest BCUT2D eigenvalue weighted by Gasteiger charge is 2.42. The first-order valence-electron chi connectivity index (χ1n) is 11.9. The number of aryl methyl sites for hydroxylation is 1. The molecule has 2 aliphatic rings. The maximum absolute atomic E-state index is 13.7. The van der Waals surface area contributed by atoms with E-state index in [9.17, 15) is 9.59 Å². The lowest BCUT2D eigenvalue weighted by Gasteiger charge is -2.38. The zero-order chi connectivity index (χ0) is 23.5. The summed E-state index contributed by atoms with van der Waals surface area (Å²) in [5.74, 6) is 0.786. The van der Waals surface area contributed by atoms with Gasteiger partial charge in [-0.15, -0.1) is 0 Å². The Hall–Kier alpha value is -3.02. The molecule has 176 valence electrons. The van der Waals surface area contributed by atoms with Gasteiger partial charge in [-0.1, -0.05) is 44.2 Å². The molecule has 2 heterocycles. The lowest BCUT2D eigenvalue weighted by molar-refractivity contribution is -0.136. The number of hydrogen-bond acceptors (Lipinski definition) is 4. The van der Waals surface area contributed by atoms with Crippen molar-refractivity contribution < 1.29 is 14.3 Å². The molecule has 0 bridgehead atoms. The number of benzene rings is 2. The number of ether oxygens (including phenoxy) is 1. The van der Waals surface area contributed by atoms with E-state index in [0.717, 1.165) is 24.4 Å². The number of piperazine rings is 1. The Kier molecular flexibility index (Phi) is 6.91. The quantitative estimate of drug-likeness (QED) is 0.701. The van der Waals surface area contributed by atoms with E-state index in [1.165, 1.54) is 11.3 Å². The van der Waals surface area contributed by atoms with E-state index >= 15 is 0 Å². The van der Waals surface area contributed by atoms with E-state index in [0.29, 0.717) is 26.2 Å². The molecule has 0 unspecified atom stereocenters. The lowest BCUT2D eigenvalue weighted by atomic mass is 9.87. The zero-order valence-electron chi connectivity index (χ0n) is 20.2. The molecule has 2 aromatic rings. The first-order chi connectivity index (χ1) is 15.9. The average Bonchev–Trinajstić information content (AvgIpc) is 3.29. The summed E-state index contributed by atoms with van der Waals surface area (Å²) in [6.07, 6.45) is 0. The summed E-state index contributed by atoms with van der Waals surface area (Å²) in [6.45, 7) is 10.1. The molecule has 2 fully saturated rings. The van der Waals surface area contributed by atoms with Crippen molar-refractivity contribution in [2.24, 2.45) is 11.8 Å². The van der Waals surface area contributed by atoms with Gasteiger partial charge in [-0.3, -0.25) is 9.59 Å². The summed E-state index contributed by atoms with van der Waals surface area (Å²) >= 11 is 0. The largest absolute Gasteiger partial charge is 0.497 e. The van der Waals surface area contributed by atoms with E-state index in [1.54, 1.807) is 7.11 Å². The number of likely N-dealkylation sites (tertiary alicyclic amines) is 1. The van der Waals surface area contributed by atoms with Gasteiger partial charge in [0.1, 0.15) is 5.75 Å². The topological polar surface area (TPSA) is 53.1 Å². The number of amides is 2. The van der Waals surface area contributed by atoms with Crippen molar-refractivity contribution in [2.75, 3.05) is 51.3 Å². The van der Waals surface area contributed by atoms with E-state index in [-0.39, 0.29) is 29.6 Å². The van der Waals surface area contributed by atoms with Crippen molar-refractivity contribution in [1.82, 2.24) is 9.80 Å². The summed E-state index contributed by atoms with van der Waals surface area (Å²) in [5, 5.41) is 0. The molecule has 2 aliphatic heterocycles. The Labute approximate surface area is 197 Å². The number of nitrogens with zero attached hydrogens (tertiary/aromatic N) is 3. The van der Waals surface area contributed by atoms with Crippen molar-refractivity contribution in [2.45, 2.75) is 26.7 Å². The predicted molar refractivity (Wildman–Crippen MR) is 131 cm³/mol. The van der Waals surface area contributed by atoms with Gasteiger partial charge < -0.3 is 19.4 Å². The molecular formula is C27H35N3O3. The number of hydrogen-bond donors (Lipinski definition) is 0. The molecule has 2 amide bonds. The molecule has 0 N–H and O–H groups in total. The van der Waals surface area contributed by atoms with Crippen LogP contribution >= 0.6 is 0 Å². The van der Waals surface area contributed by atoms with Crippen molar-refractivity contribution in [3.05, 3.63) is 59.7 Å². The number of rotatable bonds is 5. The second-order valence-electron chi connectivity index (χ2n) is 9.48. The van der Waals surface area contributed by atoms with Crippen LogP contribution in [0.15, 0.2) is 48.5 Å². The normalized spacial score (nSPS) is 20.9. The minimum absolute atomic E-state index is 0.000466. The summed E-state index contributed by atoms with van der Waals surface area (Å²) < 4.78 is 5.30. The summed E-state index contributed by atoms with van der Waals surface area (Å²) in [7, 11) is 1.65. The van der Waals surface area contributed by atoms with Crippen molar-refractivity contribution in [1.29, 1.82) is 0 Å². The van der Waals surface area contributed by atoms with Crippen LogP contribution in [0, 0.1) is 18.8 Å². The fourth-order valence-electron chi connectivity index (χ4n) is 5.11. The van der Waals surface area contributed by atoms with Crippen LogP contribution in [0.2, 0.25) is 0 Å². The molecule has 0 radical (unpaired) electrons. The lowest BCUT2D eigenvalue weighted by Crippen LogP contribution is -2.51. The molecule has 0 spiro atoms. The molecule has 0 aliphatic carbocycles. The van der Waals surface area contributed by atoms with Crippen LogP contribution < -0.4 is 9.64 Å². The minimum atomic E-state index is -0.217. The van der Waals surface area contributed by atoms with E-state index in [1.807, 2.05) is 47.9 Å². The fraction of sp³-hybridized carbons (Fsp3) is 0.481. The van der Waals surface area contributed by atoms with Gasteiger partial charge >= 0.3 is 0 Å². The Balaban J connectivity index is 1.50. The maximum Gasteiger partial charge on any atom is 0.228 e. The minimum Gasteiger partial charge on any atom is -0.497 e. The zero-order valence-corrected chi connectivity index (χ0v) is 20.2. The number of para-hydroxylation sites is 1. The molecule has 2 atom stereocenters. The van der Waals surface area contributed by atoms with Crippen LogP contribution in [0.1, 0.15) is 30.9 Å². The number of carbonyl (C=O) groups excluding carboxylic acids is 2. The van der Waals surface area contributed by atoms with Crippen molar-refractivity contribution in [3.63, 3.8) is 0 Å². The van der Waals surface area contributed by atoms with Gasteiger partial charge in [0.2, 0.25) is 11.8 Å². The van der Waals surface area contributed by atoms with Crippen LogP contribution in [-0.4, -0.2) is 68.0 Å². The molecular weight excluding hydrogens is 414 g/mol. The highest BCUT2D eigenvalue weighted by molar-refractivity contribution is 5.84. The third kappa shape index (κ3) is 4.85. The number of methoxy groups -OCH3 is 1. The van der Waals surface area contributed by atoms with Gasteiger partial charge in [-0.05, 0) is 36.2 Å². The van der Waals surface area contributed by atoms with E-state index in [4.69, 9.17) is 4.74 Å². The van der Waals surface area contributed by atoms with Gasteiger partial charge in [0, 0.05) is 56.8 Å².